The Labute approximate surface area is 149 Å². The van der Waals surface area contributed by atoms with Gasteiger partial charge in [-0.05, 0) is 30.2 Å². The molecule has 0 atom stereocenters. The van der Waals surface area contributed by atoms with Gasteiger partial charge in [-0.15, -0.1) is 0 Å². The zero-order chi connectivity index (χ0) is 17.7. The molecule has 0 aromatic heterocycles. The molecule has 0 radical (unpaired) electrons. The van der Waals surface area contributed by atoms with Crippen molar-refractivity contribution in [2.45, 2.75) is 19.3 Å². The van der Waals surface area contributed by atoms with Crippen molar-refractivity contribution >= 4 is 30.4 Å². The number of carbonyl (C=O) groups is 1. The first-order valence-corrected chi connectivity index (χ1v) is 8.03. The topological polar surface area (TPSA) is 44.8 Å². The summed E-state index contributed by atoms with van der Waals surface area (Å²) >= 11 is 10.2. The largest absolute Gasteiger partial charge is 0.513 e. The molecule has 0 spiro atoms. The maximum atomic E-state index is 14.0. The van der Waals surface area contributed by atoms with Crippen LogP contribution < -0.4 is 9.47 Å². The summed E-state index contributed by atoms with van der Waals surface area (Å²) in [5.74, 6) is 0.167. The molecule has 0 fully saturated rings. The van der Waals surface area contributed by atoms with Crippen molar-refractivity contribution in [3.63, 3.8) is 0 Å². The molecule has 2 rings (SSSR count). The first-order valence-electron chi connectivity index (χ1n) is 7.02. The number of rotatable bonds is 5. The lowest BCUT2D eigenvalue weighted by atomic mass is 10.1. The summed E-state index contributed by atoms with van der Waals surface area (Å²) in [6.07, 6.45) is -0.850. The van der Waals surface area contributed by atoms with Crippen LogP contribution in [0.5, 0.6) is 11.5 Å². The zero-order valence-corrected chi connectivity index (χ0v) is 14.8. The fraction of sp³-hybridized carbons (Fsp3) is 0.235. The van der Waals surface area contributed by atoms with Gasteiger partial charge in [-0.3, -0.25) is 0 Å². The second-order valence-electron chi connectivity index (χ2n) is 4.93. The summed E-state index contributed by atoms with van der Waals surface area (Å²) in [7, 11) is 1.21. The molecule has 0 saturated carbocycles. The van der Waals surface area contributed by atoms with E-state index in [9.17, 15) is 9.18 Å². The molecule has 2 aromatic rings. The van der Waals surface area contributed by atoms with Crippen LogP contribution in [0, 0.1) is 12.7 Å². The summed E-state index contributed by atoms with van der Waals surface area (Å²) < 4.78 is 29.1. The number of halogens is 2. The zero-order valence-electron chi connectivity index (χ0n) is 13.1. The van der Waals surface area contributed by atoms with Gasteiger partial charge in [0, 0.05) is 22.4 Å². The van der Waals surface area contributed by atoms with E-state index >= 15 is 0 Å². The Hall–Kier alpha value is -1.92. The molecule has 4 nitrogen and oxygen atoms in total. The maximum Gasteiger partial charge on any atom is 0.513 e. The maximum absolute atomic E-state index is 14.0. The number of ether oxygens (including phenoxy) is 3. The monoisotopic (exact) mass is 370 g/mol. The van der Waals surface area contributed by atoms with Crippen LogP contribution in [-0.4, -0.2) is 13.3 Å². The van der Waals surface area contributed by atoms with Gasteiger partial charge in [0.15, 0.2) is 11.6 Å². The van der Waals surface area contributed by atoms with E-state index in [-0.39, 0.29) is 18.1 Å². The van der Waals surface area contributed by atoms with Crippen molar-refractivity contribution in [2.24, 2.45) is 0 Å². The Morgan fingerprint density at radius 3 is 2.71 bits per heavy atom. The summed E-state index contributed by atoms with van der Waals surface area (Å²) in [6, 6.07) is 7.84. The van der Waals surface area contributed by atoms with Crippen LogP contribution in [0.1, 0.15) is 16.7 Å². The molecule has 0 aliphatic rings. The predicted octanol–water partition coefficient (Wildman–Crippen LogP) is 4.94. The Morgan fingerprint density at radius 2 is 2.04 bits per heavy atom. The van der Waals surface area contributed by atoms with Gasteiger partial charge >= 0.3 is 6.16 Å². The Kier molecular flexibility index (Phi) is 6.34. The molecule has 0 saturated heterocycles. The molecule has 0 amide bonds. The van der Waals surface area contributed by atoms with Gasteiger partial charge in [0.1, 0.15) is 12.4 Å². The van der Waals surface area contributed by atoms with Crippen LogP contribution >= 0.6 is 24.2 Å². The minimum Gasteiger partial charge on any atom is -0.486 e. The van der Waals surface area contributed by atoms with E-state index in [0.29, 0.717) is 21.9 Å². The lowest BCUT2D eigenvalue weighted by Crippen LogP contribution is -2.11. The van der Waals surface area contributed by atoms with Gasteiger partial charge in [0.25, 0.3) is 0 Å². The molecule has 0 heterocycles. The van der Waals surface area contributed by atoms with Crippen molar-refractivity contribution in [3.05, 3.63) is 57.9 Å². The highest BCUT2D eigenvalue weighted by molar-refractivity contribution is 7.79. The lowest BCUT2D eigenvalue weighted by Gasteiger charge is -2.15. The average Bonchev–Trinajstić information content (AvgIpc) is 2.57. The third kappa shape index (κ3) is 4.33. The van der Waals surface area contributed by atoms with Crippen molar-refractivity contribution in [3.8, 4) is 11.5 Å². The molecule has 0 unspecified atom stereocenters. The van der Waals surface area contributed by atoms with Crippen LogP contribution in [0.2, 0.25) is 5.02 Å². The molecule has 128 valence electrons. The molecule has 0 aliphatic carbocycles. The van der Waals surface area contributed by atoms with Gasteiger partial charge in [0.2, 0.25) is 0 Å². The number of hydrogen-bond acceptors (Lipinski definition) is 5. The summed E-state index contributed by atoms with van der Waals surface area (Å²) in [5, 5.41) is 0.403. The van der Waals surface area contributed by atoms with E-state index in [1.807, 2.05) is 6.07 Å². The van der Waals surface area contributed by atoms with E-state index < -0.39 is 12.0 Å². The predicted molar refractivity (Wildman–Crippen MR) is 92.6 cm³/mol. The molecule has 2 aromatic carbocycles. The highest BCUT2D eigenvalue weighted by Gasteiger charge is 2.15. The molecule has 0 bridgehead atoms. The first-order chi connectivity index (χ1) is 11.5. The fourth-order valence-electron chi connectivity index (χ4n) is 2.04. The average molecular weight is 371 g/mol. The quantitative estimate of drug-likeness (QED) is 0.460. The van der Waals surface area contributed by atoms with E-state index in [1.54, 1.807) is 19.1 Å². The molecular weight excluding hydrogens is 355 g/mol. The van der Waals surface area contributed by atoms with Gasteiger partial charge in [-0.25, -0.2) is 9.18 Å². The van der Waals surface area contributed by atoms with Crippen molar-refractivity contribution < 1.29 is 23.4 Å². The van der Waals surface area contributed by atoms with Crippen LogP contribution in [0.4, 0.5) is 9.18 Å². The van der Waals surface area contributed by atoms with E-state index in [2.05, 4.69) is 17.4 Å². The van der Waals surface area contributed by atoms with Crippen LogP contribution in [0.25, 0.3) is 0 Å². The standard InChI is InChI=1S/C17H16ClFO4S/c1-10-6-14(19)16(7-13(10)18)22-8-12-11(9-24)4-3-5-15(12)23-17(20)21-2/h3-7,24H,8-9H2,1-2H3. The number of methoxy groups -OCH3 is 1. The Morgan fingerprint density at radius 1 is 1.29 bits per heavy atom. The number of benzene rings is 2. The first kappa shape index (κ1) is 18.4. The van der Waals surface area contributed by atoms with Crippen LogP contribution in [0.3, 0.4) is 0 Å². The smallest absolute Gasteiger partial charge is 0.486 e. The van der Waals surface area contributed by atoms with Crippen LogP contribution in [0.15, 0.2) is 30.3 Å². The van der Waals surface area contributed by atoms with Gasteiger partial charge < -0.3 is 14.2 Å². The Balaban J connectivity index is 2.28. The highest BCUT2D eigenvalue weighted by Crippen LogP contribution is 2.29. The van der Waals surface area contributed by atoms with Gasteiger partial charge in [-0.1, -0.05) is 23.7 Å². The van der Waals surface area contributed by atoms with E-state index in [0.717, 1.165) is 5.56 Å². The third-order valence-corrected chi connectivity index (χ3v) is 4.09. The van der Waals surface area contributed by atoms with Crippen molar-refractivity contribution in [1.82, 2.24) is 0 Å². The number of thiol groups is 1. The van der Waals surface area contributed by atoms with Crippen molar-refractivity contribution in [2.75, 3.05) is 7.11 Å². The van der Waals surface area contributed by atoms with Crippen LogP contribution in [-0.2, 0) is 17.1 Å². The molecule has 7 heteroatoms. The second-order valence-corrected chi connectivity index (χ2v) is 5.65. The fourth-order valence-corrected chi connectivity index (χ4v) is 2.49. The van der Waals surface area contributed by atoms with E-state index in [1.165, 1.54) is 19.2 Å². The van der Waals surface area contributed by atoms with Crippen molar-refractivity contribution in [1.29, 1.82) is 0 Å². The summed E-state index contributed by atoms with van der Waals surface area (Å²) in [4.78, 5) is 11.4. The summed E-state index contributed by atoms with van der Waals surface area (Å²) in [5.41, 5.74) is 1.99. The van der Waals surface area contributed by atoms with Gasteiger partial charge in [0.05, 0.1) is 7.11 Å². The lowest BCUT2D eigenvalue weighted by molar-refractivity contribution is 0.120. The van der Waals surface area contributed by atoms with Gasteiger partial charge in [-0.2, -0.15) is 12.6 Å². The SMILES string of the molecule is COC(=O)Oc1cccc(CS)c1COc1cc(Cl)c(C)cc1F. The Bertz CT molecular complexity index is 752. The normalized spacial score (nSPS) is 10.4. The number of aryl methyl sites for hydroxylation is 1. The number of hydrogen-bond donors (Lipinski definition) is 1. The van der Waals surface area contributed by atoms with E-state index in [4.69, 9.17) is 21.1 Å². The second kappa shape index (κ2) is 8.26. The number of carbonyl (C=O) groups excluding carboxylic acids is 1. The minimum absolute atomic E-state index is 0.0145. The molecule has 0 aliphatic heterocycles. The third-order valence-electron chi connectivity index (χ3n) is 3.35. The minimum atomic E-state index is -0.850. The molecule has 0 N–H and O–H groups in total. The molecular formula is C17H16ClFO4S. The summed E-state index contributed by atoms with van der Waals surface area (Å²) in [6.45, 7) is 1.69. The highest BCUT2D eigenvalue weighted by atomic mass is 35.5. The molecule has 24 heavy (non-hydrogen) atoms.